The summed E-state index contributed by atoms with van der Waals surface area (Å²) in [5.74, 6) is -0.559. The molecule has 0 aromatic carbocycles. The molecule has 2 aliphatic heterocycles. The summed E-state index contributed by atoms with van der Waals surface area (Å²) in [4.78, 5) is 34.7. The number of carbonyl (C=O) groups is 3. The van der Waals surface area contributed by atoms with Crippen molar-refractivity contribution in [1.29, 1.82) is 0 Å². The van der Waals surface area contributed by atoms with Crippen molar-refractivity contribution in [2.75, 3.05) is 6.61 Å². The molecule has 0 radical (unpaired) electrons. The van der Waals surface area contributed by atoms with Gasteiger partial charge in [0, 0.05) is 26.7 Å². The maximum absolute atomic E-state index is 12.4. The zero-order valence-electron chi connectivity index (χ0n) is 15.6. The third-order valence-electron chi connectivity index (χ3n) is 3.82. The Bertz CT molecular complexity index is 656. The first-order valence-electron chi connectivity index (χ1n) is 8.41. The van der Waals surface area contributed by atoms with Crippen molar-refractivity contribution in [2.24, 2.45) is 0 Å². The van der Waals surface area contributed by atoms with E-state index in [-0.39, 0.29) is 30.3 Å². The van der Waals surface area contributed by atoms with E-state index >= 15 is 0 Å². The summed E-state index contributed by atoms with van der Waals surface area (Å²) in [5, 5.41) is 0. The molecule has 2 rings (SSSR count). The van der Waals surface area contributed by atoms with Gasteiger partial charge in [0.2, 0.25) is 12.0 Å². The first kappa shape index (κ1) is 20.0. The van der Waals surface area contributed by atoms with Gasteiger partial charge in [-0.15, -0.1) is 0 Å². The summed E-state index contributed by atoms with van der Waals surface area (Å²) in [7, 11) is 0. The number of hydrogen-bond donors (Lipinski definition) is 0. The largest absolute Gasteiger partial charge is 0.463 e. The Morgan fingerprint density at radius 3 is 2.35 bits per heavy atom. The van der Waals surface area contributed by atoms with Crippen LogP contribution in [-0.4, -0.2) is 42.8 Å². The van der Waals surface area contributed by atoms with Gasteiger partial charge < -0.3 is 23.7 Å². The zero-order valence-corrected chi connectivity index (χ0v) is 15.6. The summed E-state index contributed by atoms with van der Waals surface area (Å²) >= 11 is 0. The molecule has 1 fully saturated rings. The fourth-order valence-electron chi connectivity index (χ4n) is 2.76. The predicted molar refractivity (Wildman–Crippen MR) is 88.3 cm³/mol. The van der Waals surface area contributed by atoms with Gasteiger partial charge in [0.15, 0.2) is 5.76 Å². The van der Waals surface area contributed by atoms with Gasteiger partial charge in [-0.3, -0.25) is 14.4 Å². The van der Waals surface area contributed by atoms with Crippen molar-refractivity contribution in [2.45, 2.75) is 66.0 Å². The second-order valence-electron chi connectivity index (χ2n) is 6.46. The highest BCUT2D eigenvalue weighted by Crippen LogP contribution is 2.31. The van der Waals surface area contributed by atoms with Crippen LogP contribution < -0.4 is 0 Å². The fourth-order valence-corrected chi connectivity index (χ4v) is 2.76. The van der Waals surface area contributed by atoms with Crippen LogP contribution in [0.25, 0.3) is 0 Å². The standard InChI is InChI=1S/C18H24O8/c1-9(2)17-16(21)18(10(3)23-17)26-15-7-13(24-12(5)20)6-14(25-15)8-22-11(4)19/h13-15H,6-8H2,1-5H3. The van der Waals surface area contributed by atoms with Crippen molar-refractivity contribution >= 4 is 17.7 Å². The van der Waals surface area contributed by atoms with Crippen LogP contribution in [0.3, 0.4) is 0 Å². The molecule has 0 spiro atoms. The Labute approximate surface area is 152 Å². The SMILES string of the molecule is CC(=O)OCC1CC(OC(C)=O)CC(OC2=C(C)OC(=C(C)C)C2=O)O1. The second kappa shape index (κ2) is 8.35. The number of allylic oxidation sites excluding steroid dienone is 2. The highest BCUT2D eigenvalue weighted by Gasteiger charge is 2.38. The Kier molecular flexibility index (Phi) is 6.42. The van der Waals surface area contributed by atoms with Crippen molar-refractivity contribution < 1.29 is 38.1 Å². The monoisotopic (exact) mass is 368 g/mol. The predicted octanol–water partition coefficient (Wildman–Crippen LogP) is 2.13. The Balaban J connectivity index is 2.09. The van der Waals surface area contributed by atoms with Crippen molar-refractivity contribution in [1.82, 2.24) is 0 Å². The average Bonchev–Trinajstić information content (AvgIpc) is 2.80. The number of carbonyl (C=O) groups excluding carboxylic acids is 3. The minimum absolute atomic E-state index is 0.00859. The molecule has 8 heteroatoms. The van der Waals surface area contributed by atoms with E-state index in [0.29, 0.717) is 12.2 Å². The third-order valence-corrected chi connectivity index (χ3v) is 3.82. The lowest BCUT2D eigenvalue weighted by Crippen LogP contribution is -2.41. The van der Waals surface area contributed by atoms with E-state index in [9.17, 15) is 14.4 Å². The third kappa shape index (κ3) is 5.08. The van der Waals surface area contributed by atoms with E-state index in [1.165, 1.54) is 13.8 Å². The molecule has 2 heterocycles. The summed E-state index contributed by atoms with van der Waals surface area (Å²) in [6.45, 7) is 7.79. The van der Waals surface area contributed by atoms with Crippen molar-refractivity contribution in [3.63, 3.8) is 0 Å². The van der Waals surface area contributed by atoms with E-state index in [1.54, 1.807) is 20.8 Å². The van der Waals surface area contributed by atoms with Crippen LogP contribution in [0.4, 0.5) is 0 Å². The normalized spacial score (nSPS) is 25.7. The van der Waals surface area contributed by atoms with Crippen LogP contribution in [0.5, 0.6) is 0 Å². The van der Waals surface area contributed by atoms with Gasteiger partial charge in [0.05, 0.1) is 6.10 Å². The molecule has 1 saturated heterocycles. The first-order chi connectivity index (χ1) is 12.2. The van der Waals surface area contributed by atoms with Gasteiger partial charge in [-0.2, -0.15) is 0 Å². The topological polar surface area (TPSA) is 97.4 Å². The first-order valence-corrected chi connectivity index (χ1v) is 8.41. The molecule has 0 amide bonds. The van der Waals surface area contributed by atoms with Gasteiger partial charge in [-0.25, -0.2) is 0 Å². The molecule has 144 valence electrons. The summed E-state index contributed by atoms with van der Waals surface area (Å²) < 4.78 is 27.2. The minimum atomic E-state index is -0.831. The summed E-state index contributed by atoms with van der Waals surface area (Å²) in [6.07, 6.45) is -1.18. The minimum Gasteiger partial charge on any atom is -0.463 e. The fraction of sp³-hybridized carbons (Fsp3) is 0.611. The van der Waals surface area contributed by atoms with Crippen LogP contribution in [0.2, 0.25) is 0 Å². The molecule has 0 N–H and O–H groups in total. The molecule has 0 aromatic heterocycles. The van der Waals surface area contributed by atoms with E-state index in [1.807, 2.05) is 0 Å². The summed E-state index contributed by atoms with van der Waals surface area (Å²) in [6, 6.07) is 0. The molecular weight excluding hydrogens is 344 g/mol. The summed E-state index contributed by atoms with van der Waals surface area (Å²) in [5.41, 5.74) is 0.739. The number of rotatable bonds is 5. The van der Waals surface area contributed by atoms with Gasteiger partial charge in [-0.1, -0.05) is 0 Å². The van der Waals surface area contributed by atoms with Crippen molar-refractivity contribution in [3.05, 3.63) is 22.9 Å². The van der Waals surface area contributed by atoms with E-state index in [0.717, 1.165) is 5.57 Å². The van der Waals surface area contributed by atoms with Crippen LogP contribution >= 0.6 is 0 Å². The second-order valence-corrected chi connectivity index (χ2v) is 6.46. The molecule has 8 nitrogen and oxygen atoms in total. The Morgan fingerprint density at radius 2 is 1.81 bits per heavy atom. The van der Waals surface area contributed by atoms with Crippen LogP contribution in [0.15, 0.2) is 22.9 Å². The molecule has 0 aliphatic carbocycles. The Morgan fingerprint density at radius 1 is 1.12 bits per heavy atom. The maximum Gasteiger partial charge on any atom is 0.302 e. The van der Waals surface area contributed by atoms with E-state index in [2.05, 4.69) is 0 Å². The number of ether oxygens (including phenoxy) is 5. The molecule has 0 saturated carbocycles. The molecule has 3 unspecified atom stereocenters. The quantitative estimate of drug-likeness (QED) is 0.538. The van der Waals surface area contributed by atoms with Gasteiger partial charge in [-0.05, 0) is 26.3 Å². The molecule has 0 bridgehead atoms. The molecule has 2 aliphatic rings. The van der Waals surface area contributed by atoms with Gasteiger partial charge >= 0.3 is 11.9 Å². The number of hydrogen-bond acceptors (Lipinski definition) is 8. The van der Waals surface area contributed by atoms with Crippen LogP contribution in [0, 0.1) is 0 Å². The van der Waals surface area contributed by atoms with Crippen molar-refractivity contribution in [3.8, 4) is 0 Å². The smallest absolute Gasteiger partial charge is 0.302 e. The van der Waals surface area contributed by atoms with E-state index in [4.69, 9.17) is 23.7 Å². The number of ketones is 1. The number of esters is 2. The lowest BCUT2D eigenvalue weighted by atomic mass is 10.1. The van der Waals surface area contributed by atoms with E-state index < -0.39 is 30.4 Å². The van der Waals surface area contributed by atoms with Gasteiger partial charge in [0.1, 0.15) is 18.5 Å². The molecule has 3 atom stereocenters. The van der Waals surface area contributed by atoms with Crippen LogP contribution in [-0.2, 0) is 38.1 Å². The maximum atomic E-state index is 12.4. The van der Waals surface area contributed by atoms with Gasteiger partial charge in [0.25, 0.3) is 5.78 Å². The molecule has 26 heavy (non-hydrogen) atoms. The highest BCUT2D eigenvalue weighted by atomic mass is 16.7. The lowest BCUT2D eigenvalue weighted by molar-refractivity contribution is -0.217. The highest BCUT2D eigenvalue weighted by molar-refractivity contribution is 6.08. The Hall–Kier alpha value is -2.35. The number of Topliss-reactive ketones (excluding diaryl/α,β-unsaturated/α-hetero) is 1. The molecular formula is C18H24O8. The zero-order chi connectivity index (χ0) is 19.4. The lowest BCUT2D eigenvalue weighted by Gasteiger charge is -2.34. The average molecular weight is 368 g/mol. The molecule has 0 aromatic rings. The van der Waals surface area contributed by atoms with Crippen LogP contribution in [0.1, 0.15) is 47.5 Å².